The lowest BCUT2D eigenvalue weighted by Crippen LogP contribution is -2.42. The van der Waals surface area contributed by atoms with Gasteiger partial charge in [-0.25, -0.2) is 9.18 Å². The molecule has 1 aliphatic heterocycles. The molecule has 3 aliphatic rings. The second kappa shape index (κ2) is 9.21. The first-order valence-electron chi connectivity index (χ1n) is 10.4. The molecule has 0 bridgehead atoms. The summed E-state index contributed by atoms with van der Waals surface area (Å²) in [7, 11) is 0. The van der Waals surface area contributed by atoms with Crippen molar-refractivity contribution in [3.63, 3.8) is 0 Å². The Morgan fingerprint density at radius 2 is 2.04 bits per heavy atom. The third-order valence-corrected chi connectivity index (χ3v) is 6.80. The maximum Gasteiger partial charge on any atom is 0.410 e. The number of thioether (sulfide) groups is 1. The van der Waals surface area contributed by atoms with E-state index in [2.05, 4.69) is 0 Å². The van der Waals surface area contributed by atoms with Gasteiger partial charge in [-0.3, -0.25) is 0 Å². The van der Waals surface area contributed by atoms with Crippen LogP contribution in [-0.4, -0.2) is 60.6 Å². The minimum Gasteiger partial charge on any atom is -0.444 e. The topological polar surface area (TPSA) is 38.8 Å². The van der Waals surface area contributed by atoms with Crippen molar-refractivity contribution in [1.82, 2.24) is 4.90 Å². The van der Waals surface area contributed by atoms with Gasteiger partial charge in [-0.2, -0.15) is 11.8 Å². The Morgan fingerprint density at radius 3 is 2.64 bits per heavy atom. The van der Waals surface area contributed by atoms with Gasteiger partial charge in [-0.1, -0.05) is 12.2 Å². The van der Waals surface area contributed by atoms with Crippen molar-refractivity contribution in [2.75, 3.05) is 32.6 Å². The Balaban J connectivity index is 1.33. The summed E-state index contributed by atoms with van der Waals surface area (Å²) < 4.78 is 25.3. The highest BCUT2D eigenvalue weighted by Gasteiger charge is 2.44. The van der Waals surface area contributed by atoms with Gasteiger partial charge in [0.15, 0.2) is 0 Å². The highest BCUT2D eigenvalue weighted by Crippen LogP contribution is 2.48. The van der Waals surface area contributed by atoms with E-state index < -0.39 is 11.8 Å². The predicted molar refractivity (Wildman–Crippen MR) is 112 cm³/mol. The third kappa shape index (κ3) is 5.99. The van der Waals surface area contributed by atoms with E-state index in [-0.39, 0.29) is 11.3 Å². The zero-order chi connectivity index (χ0) is 20.3. The summed E-state index contributed by atoms with van der Waals surface area (Å²) in [5.41, 5.74) is 0.509. The molecule has 1 saturated carbocycles. The number of amides is 1. The zero-order valence-corrected chi connectivity index (χ0v) is 18.3. The third-order valence-electron chi connectivity index (χ3n) is 5.83. The van der Waals surface area contributed by atoms with E-state index in [9.17, 15) is 9.18 Å². The molecule has 0 N–H and O–H groups in total. The number of allylic oxidation sites excluding steroid dienone is 1. The van der Waals surface area contributed by atoms with Gasteiger partial charge in [0.2, 0.25) is 0 Å². The summed E-state index contributed by atoms with van der Waals surface area (Å²) in [6.07, 6.45) is 9.77. The van der Waals surface area contributed by atoms with Crippen LogP contribution in [0.25, 0.3) is 0 Å². The van der Waals surface area contributed by atoms with E-state index in [1.165, 1.54) is 18.2 Å². The molecule has 28 heavy (non-hydrogen) atoms. The van der Waals surface area contributed by atoms with Crippen molar-refractivity contribution >= 4 is 17.9 Å². The van der Waals surface area contributed by atoms with Gasteiger partial charge in [0.05, 0.1) is 18.5 Å². The molecule has 0 aromatic heterocycles. The van der Waals surface area contributed by atoms with Gasteiger partial charge in [0.25, 0.3) is 0 Å². The number of nitrogens with zero attached hydrogens (tertiary/aromatic N) is 1. The highest BCUT2D eigenvalue weighted by atomic mass is 32.2. The minimum absolute atomic E-state index is 0.0666. The quantitative estimate of drug-likeness (QED) is 0.626. The normalized spacial score (nSPS) is 30.9. The molecule has 1 amide bonds. The molecule has 1 saturated heterocycles. The van der Waals surface area contributed by atoms with Crippen LogP contribution in [0.15, 0.2) is 23.8 Å². The summed E-state index contributed by atoms with van der Waals surface area (Å²) >= 11 is 1.54. The highest BCUT2D eigenvalue weighted by molar-refractivity contribution is 7.99. The lowest BCUT2D eigenvalue weighted by molar-refractivity contribution is 0.0171. The van der Waals surface area contributed by atoms with E-state index in [0.717, 1.165) is 38.1 Å². The van der Waals surface area contributed by atoms with Gasteiger partial charge < -0.3 is 14.4 Å². The molecule has 1 heterocycles. The van der Waals surface area contributed by atoms with Crippen LogP contribution in [0.5, 0.6) is 0 Å². The first-order chi connectivity index (χ1) is 13.3. The first-order valence-corrected chi connectivity index (χ1v) is 11.7. The SMILES string of the molecule is CSC1C=CC(COC[C@@H]2C[C@@H]2C2CCN(C(=O)OC(C)(C)C)CC2)=CC1F. The van der Waals surface area contributed by atoms with Crippen LogP contribution in [0.2, 0.25) is 0 Å². The molecule has 0 aromatic rings. The number of alkyl halides is 1. The summed E-state index contributed by atoms with van der Waals surface area (Å²) in [6, 6.07) is 0. The number of ether oxygens (including phenoxy) is 2. The van der Waals surface area contributed by atoms with Gasteiger partial charge in [0, 0.05) is 13.1 Å². The molecular formula is C22H34FNO3S. The molecule has 2 aliphatic carbocycles. The maximum absolute atomic E-state index is 13.9. The molecule has 2 unspecified atom stereocenters. The smallest absolute Gasteiger partial charge is 0.410 e. The lowest BCUT2D eigenvalue weighted by atomic mass is 9.91. The number of carbonyl (C=O) groups is 1. The first kappa shape index (κ1) is 21.7. The van der Waals surface area contributed by atoms with E-state index in [1.807, 2.05) is 44.1 Å². The van der Waals surface area contributed by atoms with Crippen molar-refractivity contribution in [3.05, 3.63) is 23.8 Å². The molecule has 0 aromatic carbocycles. The van der Waals surface area contributed by atoms with Crippen molar-refractivity contribution in [2.24, 2.45) is 17.8 Å². The van der Waals surface area contributed by atoms with Crippen molar-refractivity contribution < 1.29 is 18.7 Å². The average Bonchev–Trinajstić information content (AvgIpc) is 3.40. The van der Waals surface area contributed by atoms with Gasteiger partial charge in [0.1, 0.15) is 11.8 Å². The number of halogens is 1. The monoisotopic (exact) mass is 411 g/mol. The molecule has 4 atom stereocenters. The number of rotatable bonds is 6. The summed E-state index contributed by atoms with van der Waals surface area (Å²) in [5, 5.41) is -0.0666. The summed E-state index contributed by atoms with van der Waals surface area (Å²) in [4.78, 5) is 14.0. The summed E-state index contributed by atoms with van der Waals surface area (Å²) in [5.74, 6) is 2.01. The average molecular weight is 412 g/mol. The molecule has 4 nitrogen and oxygen atoms in total. The van der Waals surface area contributed by atoms with Gasteiger partial charge >= 0.3 is 6.09 Å². The Kier molecular flexibility index (Phi) is 7.13. The molecule has 0 spiro atoms. The van der Waals surface area contributed by atoms with Crippen molar-refractivity contribution in [1.29, 1.82) is 0 Å². The number of hydrogen-bond acceptors (Lipinski definition) is 4. The maximum atomic E-state index is 13.9. The Bertz CT molecular complexity index is 607. The van der Waals surface area contributed by atoms with Crippen molar-refractivity contribution in [3.8, 4) is 0 Å². The number of piperidine rings is 1. The van der Waals surface area contributed by atoms with E-state index in [1.54, 1.807) is 6.08 Å². The van der Waals surface area contributed by atoms with Crippen LogP contribution >= 0.6 is 11.8 Å². The molecule has 6 heteroatoms. The minimum atomic E-state index is -0.914. The summed E-state index contributed by atoms with van der Waals surface area (Å²) in [6.45, 7) is 8.54. The van der Waals surface area contributed by atoms with Gasteiger partial charge in [-0.15, -0.1) is 0 Å². The largest absolute Gasteiger partial charge is 0.444 e. The van der Waals surface area contributed by atoms with Crippen molar-refractivity contribution in [2.45, 2.75) is 57.1 Å². The number of carbonyl (C=O) groups excluding carboxylic acids is 1. The van der Waals surface area contributed by atoms with E-state index >= 15 is 0 Å². The molecular weight excluding hydrogens is 377 g/mol. The van der Waals surface area contributed by atoms with Crippen LogP contribution in [0.4, 0.5) is 9.18 Å². The molecule has 3 rings (SSSR count). The number of likely N-dealkylation sites (tertiary alicyclic amines) is 1. The van der Waals surface area contributed by atoms with Crippen LogP contribution in [-0.2, 0) is 9.47 Å². The molecule has 158 valence electrons. The Morgan fingerprint density at radius 1 is 1.32 bits per heavy atom. The molecule has 2 fully saturated rings. The second-order valence-corrected chi connectivity index (χ2v) is 10.2. The fourth-order valence-electron chi connectivity index (χ4n) is 4.19. The van der Waals surface area contributed by atoms with E-state index in [0.29, 0.717) is 24.4 Å². The fraction of sp³-hybridized carbons (Fsp3) is 0.773. The lowest BCUT2D eigenvalue weighted by Gasteiger charge is -2.33. The Labute approximate surface area is 172 Å². The predicted octanol–water partition coefficient (Wildman–Crippen LogP) is 4.85. The molecule has 0 radical (unpaired) electrons. The van der Waals surface area contributed by atoms with Crippen LogP contribution in [0.3, 0.4) is 0 Å². The second-order valence-electron chi connectivity index (χ2n) is 9.23. The zero-order valence-electron chi connectivity index (χ0n) is 17.5. The van der Waals surface area contributed by atoms with Crippen LogP contribution < -0.4 is 0 Å². The Hall–Kier alpha value is -1.01. The van der Waals surface area contributed by atoms with Crippen LogP contribution in [0, 0.1) is 17.8 Å². The van der Waals surface area contributed by atoms with Gasteiger partial charge in [-0.05, 0) is 75.7 Å². The van der Waals surface area contributed by atoms with Crippen LogP contribution in [0.1, 0.15) is 40.0 Å². The standard InChI is InChI=1S/C22H34FNO3S/c1-22(2,3)27-21(25)24-9-7-16(8-10-24)18-12-17(18)14-26-13-15-5-6-20(28-4)19(23)11-15/h5-6,11,16-20H,7-10,12-14H2,1-4H3/t17-,18+,19?,20?/m0/s1. The fourth-order valence-corrected chi connectivity index (χ4v) is 4.76. The van der Waals surface area contributed by atoms with E-state index in [4.69, 9.17) is 9.47 Å². The number of hydrogen-bond donors (Lipinski definition) is 0.